The quantitative estimate of drug-likeness (QED) is 0.102. The van der Waals surface area contributed by atoms with Crippen LogP contribution < -0.4 is 15.9 Å². The van der Waals surface area contributed by atoms with E-state index in [-0.39, 0.29) is 38.2 Å². The Morgan fingerprint density at radius 2 is 1.09 bits per heavy atom. The summed E-state index contributed by atoms with van der Waals surface area (Å²) in [6.45, 7) is 4.48. The second kappa shape index (κ2) is 10.9. The van der Waals surface area contributed by atoms with Gasteiger partial charge in [0.2, 0.25) is 0 Å². The molecule has 0 saturated heterocycles. The van der Waals surface area contributed by atoms with Crippen molar-refractivity contribution in [3.63, 3.8) is 0 Å². The Labute approximate surface area is 257 Å². The molecule has 0 bridgehead atoms. The Balaban J connectivity index is 1.79. The second-order valence-electron chi connectivity index (χ2n) is 10.6. The highest BCUT2D eigenvalue weighted by Gasteiger charge is 2.25. The Hall–Kier alpha value is -2.87. The van der Waals surface area contributed by atoms with E-state index in [0.29, 0.717) is 16.3 Å². The van der Waals surface area contributed by atoms with E-state index in [9.17, 15) is 13.2 Å². The lowest BCUT2D eigenvalue weighted by Crippen LogP contribution is -2.22. The van der Waals surface area contributed by atoms with Gasteiger partial charge in [-0.15, -0.1) is 27.7 Å². The number of hydrogen-bond donors (Lipinski definition) is 0. The SMILES string of the molecule is Cc1ccc2c(c1)c1cc(Cl)ccc1n2-c1cc(-c2c(F)c(C)c(F)c(F)c2P)cc(-c2c(F)c(C)c(F)c(P)c2P)c1. The maximum absolute atomic E-state index is 15.9. The Kier molecular flexibility index (Phi) is 7.67. The Bertz CT molecular complexity index is 1970. The molecule has 1 aromatic heterocycles. The minimum absolute atomic E-state index is 0.0849. The van der Waals surface area contributed by atoms with Gasteiger partial charge in [-0.05, 0) is 85.7 Å². The molecule has 0 aliphatic carbocycles. The third kappa shape index (κ3) is 4.70. The molecule has 6 aromatic rings. The fraction of sp³-hybridized carbons (Fsp3) is 0.0909. The zero-order valence-electron chi connectivity index (χ0n) is 23.1. The first-order valence-electron chi connectivity index (χ1n) is 13.1. The van der Waals surface area contributed by atoms with Crippen molar-refractivity contribution in [3.05, 3.63) is 105 Å². The van der Waals surface area contributed by atoms with Crippen molar-refractivity contribution in [1.82, 2.24) is 4.57 Å². The standard InChI is InChI=1S/C33H24ClF5NP3/c1-13-4-6-22-20(8-13)21-12-18(34)5-7-23(21)40(22)19-10-16(24-26(35)14(2)28(37)30(39)31(24)41)9-17(11-19)25-27(36)15(3)29(38)33(43)32(25)42/h4-12H,41-43H2,1-3H3. The van der Waals surface area contributed by atoms with Crippen LogP contribution in [-0.2, 0) is 0 Å². The summed E-state index contributed by atoms with van der Waals surface area (Å²) < 4.78 is 77.9. The molecule has 0 saturated carbocycles. The van der Waals surface area contributed by atoms with Crippen LogP contribution in [0.4, 0.5) is 22.0 Å². The lowest BCUT2D eigenvalue weighted by molar-refractivity contribution is 0.493. The van der Waals surface area contributed by atoms with Crippen molar-refractivity contribution in [3.8, 4) is 27.9 Å². The van der Waals surface area contributed by atoms with Gasteiger partial charge in [-0.25, -0.2) is 22.0 Å². The first kappa shape index (κ1) is 30.2. The topological polar surface area (TPSA) is 4.93 Å². The van der Waals surface area contributed by atoms with Crippen molar-refractivity contribution in [2.75, 3.05) is 0 Å². The third-order valence-corrected chi connectivity index (χ3v) is 10.2. The molecule has 10 heteroatoms. The zero-order chi connectivity index (χ0) is 31.1. The number of rotatable bonds is 3. The Morgan fingerprint density at radius 1 is 0.558 bits per heavy atom. The fourth-order valence-corrected chi connectivity index (χ4v) is 7.01. The summed E-state index contributed by atoms with van der Waals surface area (Å²) in [5, 5.41) is 2.43. The van der Waals surface area contributed by atoms with E-state index in [0.717, 1.165) is 34.3 Å². The van der Waals surface area contributed by atoms with Crippen LogP contribution in [0.1, 0.15) is 16.7 Å². The third-order valence-electron chi connectivity index (χ3n) is 7.89. The Morgan fingerprint density at radius 3 is 1.72 bits per heavy atom. The monoisotopic (exact) mass is 657 g/mol. The minimum atomic E-state index is -1.28. The summed E-state index contributed by atoms with van der Waals surface area (Å²) in [4.78, 5) is 0. The van der Waals surface area contributed by atoms with Gasteiger partial charge in [0.25, 0.3) is 0 Å². The molecule has 3 atom stereocenters. The van der Waals surface area contributed by atoms with Crippen molar-refractivity contribution in [1.29, 1.82) is 0 Å². The van der Waals surface area contributed by atoms with Gasteiger partial charge in [-0.2, -0.15) is 0 Å². The number of halogens is 6. The molecular weight excluding hydrogens is 634 g/mol. The first-order chi connectivity index (χ1) is 20.3. The number of fused-ring (bicyclic) bond motifs is 3. The molecule has 0 aliphatic rings. The molecule has 0 radical (unpaired) electrons. The molecule has 1 nitrogen and oxygen atoms in total. The maximum Gasteiger partial charge on any atom is 0.167 e. The van der Waals surface area contributed by atoms with Gasteiger partial charge in [-0.3, -0.25) is 0 Å². The molecule has 0 aliphatic heterocycles. The largest absolute Gasteiger partial charge is 0.309 e. The molecular formula is C33H24ClF5NP3. The highest BCUT2D eigenvalue weighted by molar-refractivity contribution is 7.36. The highest BCUT2D eigenvalue weighted by atomic mass is 35.5. The number of aromatic nitrogens is 1. The van der Waals surface area contributed by atoms with Gasteiger partial charge >= 0.3 is 0 Å². The van der Waals surface area contributed by atoms with Gasteiger partial charge in [-0.1, -0.05) is 23.2 Å². The summed E-state index contributed by atoms with van der Waals surface area (Å²) in [7, 11) is 6.76. The average Bonchev–Trinajstić information content (AvgIpc) is 3.29. The number of aryl methyl sites for hydroxylation is 1. The van der Waals surface area contributed by atoms with E-state index in [2.05, 4.69) is 27.7 Å². The van der Waals surface area contributed by atoms with Gasteiger partial charge < -0.3 is 4.57 Å². The van der Waals surface area contributed by atoms with Gasteiger partial charge in [0, 0.05) is 54.3 Å². The molecule has 6 rings (SSSR count). The number of hydrogen-bond acceptors (Lipinski definition) is 0. The molecule has 0 N–H and O–H groups in total. The van der Waals surface area contributed by atoms with E-state index in [1.54, 1.807) is 18.2 Å². The van der Waals surface area contributed by atoms with Crippen LogP contribution in [0, 0.1) is 49.9 Å². The second-order valence-corrected chi connectivity index (χ2v) is 12.8. The number of benzene rings is 5. The predicted octanol–water partition coefficient (Wildman–Crippen LogP) is 8.89. The highest BCUT2D eigenvalue weighted by Crippen LogP contribution is 2.39. The van der Waals surface area contributed by atoms with Crippen LogP contribution in [0.15, 0.2) is 54.6 Å². The summed E-state index contributed by atoms with van der Waals surface area (Å²) in [5.41, 5.74) is 2.83. The smallest absolute Gasteiger partial charge is 0.167 e. The molecule has 0 amide bonds. The normalized spacial score (nSPS) is 11.7. The van der Waals surface area contributed by atoms with Gasteiger partial charge in [0.15, 0.2) is 11.6 Å². The van der Waals surface area contributed by atoms with Crippen molar-refractivity contribution in [2.45, 2.75) is 20.8 Å². The van der Waals surface area contributed by atoms with Crippen LogP contribution in [0.5, 0.6) is 0 Å². The van der Waals surface area contributed by atoms with E-state index < -0.39 is 34.6 Å². The van der Waals surface area contributed by atoms with E-state index >= 15 is 8.78 Å². The lowest BCUT2D eigenvalue weighted by atomic mass is 9.94. The van der Waals surface area contributed by atoms with Crippen LogP contribution in [0.2, 0.25) is 5.02 Å². The summed E-state index contributed by atoms with van der Waals surface area (Å²) >= 11 is 6.38. The minimum Gasteiger partial charge on any atom is -0.309 e. The first-order valence-corrected chi connectivity index (χ1v) is 15.2. The maximum atomic E-state index is 15.9. The molecule has 3 unspecified atom stereocenters. The summed E-state index contributed by atoms with van der Waals surface area (Å²) in [6.07, 6.45) is 0. The molecule has 5 aromatic carbocycles. The fourth-order valence-electron chi connectivity index (χ4n) is 5.63. The van der Waals surface area contributed by atoms with Crippen LogP contribution >= 0.6 is 39.3 Å². The lowest BCUT2D eigenvalue weighted by Gasteiger charge is -2.19. The van der Waals surface area contributed by atoms with E-state index in [1.165, 1.54) is 13.0 Å². The molecule has 218 valence electrons. The molecule has 43 heavy (non-hydrogen) atoms. The zero-order valence-corrected chi connectivity index (χ0v) is 27.4. The van der Waals surface area contributed by atoms with E-state index in [4.69, 9.17) is 11.6 Å². The average molecular weight is 658 g/mol. The molecule has 0 fully saturated rings. The van der Waals surface area contributed by atoms with Crippen LogP contribution in [-0.4, -0.2) is 4.57 Å². The van der Waals surface area contributed by atoms with Crippen LogP contribution in [0.3, 0.4) is 0 Å². The predicted molar refractivity (Wildman–Crippen MR) is 179 cm³/mol. The van der Waals surface area contributed by atoms with Gasteiger partial charge in [0.1, 0.15) is 17.5 Å². The summed E-state index contributed by atoms with van der Waals surface area (Å²) in [6, 6.07) is 16.3. The van der Waals surface area contributed by atoms with Crippen molar-refractivity contribution >= 4 is 77.0 Å². The van der Waals surface area contributed by atoms with Crippen LogP contribution in [0.25, 0.3) is 49.7 Å². The van der Waals surface area contributed by atoms with Crippen molar-refractivity contribution in [2.24, 2.45) is 0 Å². The van der Waals surface area contributed by atoms with Crippen molar-refractivity contribution < 1.29 is 22.0 Å². The van der Waals surface area contributed by atoms with Gasteiger partial charge in [0.05, 0.1) is 11.0 Å². The molecule has 0 spiro atoms. The molecule has 1 heterocycles. The van der Waals surface area contributed by atoms with E-state index in [1.807, 2.05) is 41.8 Å². The number of nitrogens with zero attached hydrogens (tertiary/aromatic N) is 1. The summed E-state index contributed by atoms with van der Waals surface area (Å²) in [5.74, 6) is -4.90.